The van der Waals surface area contributed by atoms with E-state index in [2.05, 4.69) is 11.9 Å². The highest BCUT2D eigenvalue weighted by atomic mass is 19.1. The second-order valence-corrected chi connectivity index (χ2v) is 3.61. The van der Waals surface area contributed by atoms with Gasteiger partial charge in [0.25, 0.3) is 0 Å². The van der Waals surface area contributed by atoms with Gasteiger partial charge in [0.05, 0.1) is 4.92 Å². The summed E-state index contributed by atoms with van der Waals surface area (Å²) >= 11 is 0. The molecule has 0 fully saturated rings. The Bertz CT molecular complexity index is 449. The second kappa shape index (κ2) is 5.38. The van der Waals surface area contributed by atoms with Gasteiger partial charge in [-0.3, -0.25) is 10.1 Å². The zero-order valence-corrected chi connectivity index (χ0v) is 9.24. The smallest absolute Gasteiger partial charge is 0.327 e. The van der Waals surface area contributed by atoms with Crippen molar-refractivity contribution in [2.45, 2.75) is 19.4 Å². The molecule has 1 aromatic carbocycles. The number of nitrogens with zero attached hydrogens (tertiary/aromatic N) is 1. The van der Waals surface area contributed by atoms with Crippen LogP contribution in [-0.2, 0) is 0 Å². The second-order valence-electron chi connectivity index (χ2n) is 3.61. The van der Waals surface area contributed by atoms with Gasteiger partial charge in [-0.25, -0.2) is 4.39 Å². The maximum atomic E-state index is 13.3. The minimum absolute atomic E-state index is 0.165. The molecule has 1 N–H and O–H groups in total. The van der Waals surface area contributed by atoms with Gasteiger partial charge in [-0.05, 0) is 13.3 Å². The molecule has 0 aliphatic rings. The SMILES string of the molecule is C=CCC(C)Nc1cc(F)cc(F)c1[N+](=O)[O-]. The van der Waals surface area contributed by atoms with Crippen molar-refractivity contribution in [3.05, 3.63) is 46.5 Å². The van der Waals surface area contributed by atoms with Crippen LogP contribution < -0.4 is 5.32 Å². The minimum Gasteiger partial charge on any atom is -0.377 e. The van der Waals surface area contributed by atoms with E-state index < -0.39 is 22.2 Å². The molecule has 1 unspecified atom stereocenters. The van der Waals surface area contributed by atoms with Crippen LogP contribution in [0.2, 0.25) is 0 Å². The van der Waals surface area contributed by atoms with E-state index in [4.69, 9.17) is 0 Å². The first kappa shape index (κ1) is 13.1. The molecular formula is C11H12F2N2O2. The van der Waals surface area contributed by atoms with Gasteiger partial charge in [0.1, 0.15) is 11.5 Å². The lowest BCUT2D eigenvalue weighted by atomic mass is 10.2. The quantitative estimate of drug-likeness (QED) is 0.490. The number of halogens is 2. The van der Waals surface area contributed by atoms with Gasteiger partial charge < -0.3 is 5.32 Å². The number of nitro benzene ring substituents is 1. The molecular weight excluding hydrogens is 230 g/mol. The molecule has 1 aromatic rings. The molecule has 4 nitrogen and oxygen atoms in total. The van der Waals surface area contributed by atoms with Crippen LogP contribution in [0.5, 0.6) is 0 Å². The molecule has 1 rings (SSSR count). The van der Waals surface area contributed by atoms with Crippen LogP contribution in [0.3, 0.4) is 0 Å². The first-order chi connectivity index (χ1) is 7.95. The van der Waals surface area contributed by atoms with E-state index >= 15 is 0 Å². The molecule has 0 bridgehead atoms. The van der Waals surface area contributed by atoms with Gasteiger partial charge in [0.15, 0.2) is 0 Å². The number of rotatable bonds is 5. The Morgan fingerprint density at radius 2 is 2.24 bits per heavy atom. The highest BCUT2D eigenvalue weighted by molar-refractivity contribution is 5.62. The Kier molecular flexibility index (Phi) is 4.14. The van der Waals surface area contributed by atoms with Crippen molar-refractivity contribution < 1.29 is 13.7 Å². The van der Waals surface area contributed by atoms with Crippen LogP contribution in [-0.4, -0.2) is 11.0 Å². The van der Waals surface area contributed by atoms with Gasteiger partial charge in [0, 0.05) is 18.2 Å². The van der Waals surface area contributed by atoms with E-state index in [0.29, 0.717) is 12.5 Å². The van der Waals surface area contributed by atoms with Gasteiger partial charge >= 0.3 is 5.69 Å². The fraction of sp³-hybridized carbons (Fsp3) is 0.273. The van der Waals surface area contributed by atoms with Crippen molar-refractivity contribution >= 4 is 11.4 Å². The fourth-order valence-electron chi connectivity index (χ4n) is 1.44. The molecule has 1 atom stereocenters. The third-order valence-corrected chi connectivity index (χ3v) is 2.13. The Labute approximate surface area is 97.1 Å². The molecule has 0 saturated heterocycles. The normalized spacial score (nSPS) is 11.9. The summed E-state index contributed by atoms with van der Waals surface area (Å²) in [6.45, 7) is 5.24. The lowest BCUT2D eigenvalue weighted by Crippen LogP contribution is -2.15. The van der Waals surface area contributed by atoms with Gasteiger partial charge in [-0.2, -0.15) is 4.39 Å². The van der Waals surface area contributed by atoms with E-state index in [1.807, 2.05) is 0 Å². The van der Waals surface area contributed by atoms with Crippen LogP contribution >= 0.6 is 0 Å². The summed E-state index contributed by atoms with van der Waals surface area (Å²) in [7, 11) is 0. The number of anilines is 1. The highest BCUT2D eigenvalue weighted by Gasteiger charge is 2.22. The average molecular weight is 242 g/mol. The van der Waals surface area contributed by atoms with E-state index in [9.17, 15) is 18.9 Å². The summed E-state index contributed by atoms with van der Waals surface area (Å²) < 4.78 is 26.2. The summed E-state index contributed by atoms with van der Waals surface area (Å²) in [5.74, 6) is -2.05. The van der Waals surface area contributed by atoms with Crippen LogP contribution in [0, 0.1) is 21.7 Å². The summed E-state index contributed by atoms with van der Waals surface area (Å²) in [4.78, 5) is 9.80. The minimum atomic E-state index is -1.19. The number of hydrogen-bond acceptors (Lipinski definition) is 3. The number of benzene rings is 1. The molecule has 0 aromatic heterocycles. The molecule has 0 aliphatic heterocycles. The molecule has 17 heavy (non-hydrogen) atoms. The molecule has 0 amide bonds. The van der Waals surface area contributed by atoms with E-state index in [1.165, 1.54) is 0 Å². The van der Waals surface area contributed by atoms with Crippen molar-refractivity contribution in [3.63, 3.8) is 0 Å². The van der Waals surface area contributed by atoms with Crippen LogP contribution in [0.25, 0.3) is 0 Å². The van der Waals surface area contributed by atoms with E-state index in [1.54, 1.807) is 13.0 Å². The summed E-state index contributed by atoms with van der Waals surface area (Å²) in [5.41, 5.74) is -0.913. The standard InChI is InChI=1S/C11H12F2N2O2/c1-3-4-7(2)14-10-6-8(12)5-9(13)11(10)15(16)17/h3,5-7,14H,1,4H2,2H3. The Morgan fingerprint density at radius 3 is 2.76 bits per heavy atom. The van der Waals surface area contributed by atoms with Crippen LogP contribution in [0.4, 0.5) is 20.2 Å². The predicted molar refractivity (Wildman–Crippen MR) is 60.9 cm³/mol. The van der Waals surface area contributed by atoms with E-state index in [-0.39, 0.29) is 11.7 Å². The average Bonchev–Trinajstić information content (AvgIpc) is 2.15. The topological polar surface area (TPSA) is 55.2 Å². The highest BCUT2D eigenvalue weighted by Crippen LogP contribution is 2.29. The Hall–Kier alpha value is -1.98. The first-order valence-corrected chi connectivity index (χ1v) is 4.96. The van der Waals surface area contributed by atoms with Crippen molar-refractivity contribution in [2.24, 2.45) is 0 Å². The number of nitrogens with one attached hydrogen (secondary N) is 1. The lowest BCUT2D eigenvalue weighted by Gasteiger charge is -2.13. The van der Waals surface area contributed by atoms with E-state index in [0.717, 1.165) is 6.07 Å². The Balaban J connectivity index is 3.12. The van der Waals surface area contributed by atoms with Crippen molar-refractivity contribution in [3.8, 4) is 0 Å². The van der Waals surface area contributed by atoms with Crippen molar-refractivity contribution in [1.82, 2.24) is 0 Å². The van der Waals surface area contributed by atoms with Crippen LogP contribution in [0.15, 0.2) is 24.8 Å². The fourth-order valence-corrected chi connectivity index (χ4v) is 1.44. The third kappa shape index (κ3) is 3.24. The summed E-state index contributed by atoms with van der Waals surface area (Å²) in [5, 5.41) is 13.4. The first-order valence-electron chi connectivity index (χ1n) is 4.96. The molecule has 0 saturated carbocycles. The van der Waals surface area contributed by atoms with Gasteiger partial charge in [-0.15, -0.1) is 6.58 Å². The largest absolute Gasteiger partial charge is 0.377 e. The van der Waals surface area contributed by atoms with Crippen molar-refractivity contribution in [1.29, 1.82) is 0 Å². The predicted octanol–water partition coefficient (Wildman–Crippen LogP) is 3.25. The lowest BCUT2D eigenvalue weighted by molar-refractivity contribution is -0.386. The molecule has 0 aliphatic carbocycles. The monoisotopic (exact) mass is 242 g/mol. The third-order valence-electron chi connectivity index (χ3n) is 2.13. The summed E-state index contributed by atoms with van der Waals surface area (Å²) in [6, 6.07) is 1.19. The number of hydrogen-bond donors (Lipinski definition) is 1. The van der Waals surface area contributed by atoms with Gasteiger partial charge in [-0.1, -0.05) is 6.08 Å². The summed E-state index contributed by atoms with van der Waals surface area (Å²) in [6.07, 6.45) is 2.13. The van der Waals surface area contributed by atoms with Gasteiger partial charge in [0.2, 0.25) is 5.82 Å². The molecule has 6 heteroatoms. The Morgan fingerprint density at radius 1 is 1.59 bits per heavy atom. The van der Waals surface area contributed by atoms with Crippen molar-refractivity contribution in [2.75, 3.05) is 5.32 Å². The zero-order valence-electron chi connectivity index (χ0n) is 9.24. The molecule has 92 valence electrons. The molecule has 0 heterocycles. The molecule has 0 radical (unpaired) electrons. The maximum absolute atomic E-state index is 13.3. The number of nitro groups is 1. The maximum Gasteiger partial charge on any atom is 0.327 e. The van der Waals surface area contributed by atoms with Crippen LogP contribution in [0.1, 0.15) is 13.3 Å². The molecule has 0 spiro atoms. The zero-order chi connectivity index (χ0) is 13.0.